The quantitative estimate of drug-likeness (QED) is 0.739. The molecular weight excluding hydrogens is 332 g/mol. The predicted molar refractivity (Wildman–Crippen MR) is 102 cm³/mol. The number of methoxy groups -OCH3 is 3. The molecule has 0 aliphatic carbocycles. The fourth-order valence-electron chi connectivity index (χ4n) is 3.11. The second-order valence-corrected chi connectivity index (χ2v) is 6.72. The van der Waals surface area contributed by atoms with Gasteiger partial charge in [-0.05, 0) is 60.1 Å². The smallest absolute Gasteiger partial charge is 0.203 e. The van der Waals surface area contributed by atoms with E-state index in [9.17, 15) is 10.2 Å². The van der Waals surface area contributed by atoms with Gasteiger partial charge < -0.3 is 24.4 Å². The molecule has 0 saturated heterocycles. The molecule has 0 aliphatic rings. The van der Waals surface area contributed by atoms with Gasteiger partial charge in [0, 0.05) is 0 Å². The van der Waals surface area contributed by atoms with Crippen LogP contribution in [0, 0.1) is 11.8 Å². The van der Waals surface area contributed by atoms with Crippen LogP contribution in [0.5, 0.6) is 28.7 Å². The average molecular weight is 360 g/mol. The van der Waals surface area contributed by atoms with Crippen molar-refractivity contribution in [3.05, 3.63) is 41.5 Å². The molecular formula is C21H28O5. The maximum Gasteiger partial charge on any atom is 0.203 e. The lowest BCUT2D eigenvalue weighted by molar-refractivity contribution is 0.331. The number of rotatable bonds is 8. The standard InChI is InChI=1S/C21H28O5/c1-13(8-15-6-7-17(22)19(11-15)24-3)14(2)9-16-10-18(23)21(26-5)20(12-16)25-4/h6-7,10-14,22-23H,8-9H2,1-5H3/t13-,14+/m0/s1. The van der Waals surface area contributed by atoms with Gasteiger partial charge in [0.15, 0.2) is 23.0 Å². The highest BCUT2D eigenvalue weighted by molar-refractivity contribution is 5.53. The lowest BCUT2D eigenvalue weighted by Gasteiger charge is -2.21. The van der Waals surface area contributed by atoms with E-state index in [1.807, 2.05) is 18.2 Å². The van der Waals surface area contributed by atoms with Crippen molar-refractivity contribution in [3.8, 4) is 28.7 Å². The molecule has 2 N–H and O–H groups in total. The van der Waals surface area contributed by atoms with Crippen molar-refractivity contribution in [1.82, 2.24) is 0 Å². The number of hydrogen-bond donors (Lipinski definition) is 2. The maximum absolute atomic E-state index is 10.1. The minimum Gasteiger partial charge on any atom is -0.504 e. The number of hydrogen-bond acceptors (Lipinski definition) is 5. The molecule has 0 spiro atoms. The summed E-state index contributed by atoms with van der Waals surface area (Å²) >= 11 is 0. The Kier molecular flexibility index (Phi) is 6.61. The Labute approximate surface area is 155 Å². The van der Waals surface area contributed by atoms with Gasteiger partial charge in [-0.15, -0.1) is 0 Å². The Morgan fingerprint density at radius 2 is 1.31 bits per heavy atom. The van der Waals surface area contributed by atoms with Crippen LogP contribution in [-0.2, 0) is 12.8 Å². The second-order valence-electron chi connectivity index (χ2n) is 6.72. The SMILES string of the molecule is COc1cc(C[C@H](C)[C@H](C)Cc2cc(O)c(OC)c(OC)c2)ccc1O. The first-order chi connectivity index (χ1) is 12.4. The summed E-state index contributed by atoms with van der Waals surface area (Å²) < 4.78 is 15.7. The zero-order valence-corrected chi connectivity index (χ0v) is 16.1. The van der Waals surface area contributed by atoms with Crippen molar-refractivity contribution >= 4 is 0 Å². The van der Waals surface area contributed by atoms with Crippen LogP contribution in [0.4, 0.5) is 0 Å². The van der Waals surface area contributed by atoms with Gasteiger partial charge in [-0.2, -0.15) is 0 Å². The highest BCUT2D eigenvalue weighted by atomic mass is 16.5. The molecule has 0 saturated carbocycles. The summed E-state index contributed by atoms with van der Waals surface area (Å²) in [6.07, 6.45) is 1.68. The van der Waals surface area contributed by atoms with E-state index in [2.05, 4.69) is 13.8 Å². The Balaban J connectivity index is 2.09. The van der Waals surface area contributed by atoms with Crippen LogP contribution in [0.3, 0.4) is 0 Å². The van der Waals surface area contributed by atoms with Crippen molar-refractivity contribution in [2.45, 2.75) is 26.7 Å². The first kappa shape index (κ1) is 19.8. The van der Waals surface area contributed by atoms with Crippen LogP contribution in [0.2, 0.25) is 0 Å². The van der Waals surface area contributed by atoms with Crippen LogP contribution in [0.25, 0.3) is 0 Å². The molecule has 5 nitrogen and oxygen atoms in total. The molecule has 0 aromatic heterocycles. The molecule has 2 rings (SSSR count). The average Bonchev–Trinajstić information content (AvgIpc) is 2.62. The lowest BCUT2D eigenvalue weighted by Crippen LogP contribution is -2.14. The second kappa shape index (κ2) is 8.70. The number of aromatic hydroxyl groups is 2. The molecule has 0 fully saturated rings. The molecule has 26 heavy (non-hydrogen) atoms. The topological polar surface area (TPSA) is 68.2 Å². The molecule has 142 valence electrons. The molecule has 0 bridgehead atoms. The van der Waals surface area contributed by atoms with Crippen LogP contribution < -0.4 is 14.2 Å². The van der Waals surface area contributed by atoms with E-state index in [0.717, 1.165) is 24.0 Å². The number of benzene rings is 2. The van der Waals surface area contributed by atoms with E-state index >= 15 is 0 Å². The number of phenolic OH excluding ortho intramolecular Hbond substituents is 2. The van der Waals surface area contributed by atoms with E-state index in [4.69, 9.17) is 14.2 Å². The van der Waals surface area contributed by atoms with E-state index in [1.165, 1.54) is 7.11 Å². The highest BCUT2D eigenvalue weighted by Crippen LogP contribution is 2.38. The van der Waals surface area contributed by atoms with Gasteiger partial charge in [0.05, 0.1) is 21.3 Å². The first-order valence-corrected chi connectivity index (χ1v) is 8.69. The van der Waals surface area contributed by atoms with Crippen molar-refractivity contribution in [2.24, 2.45) is 11.8 Å². The van der Waals surface area contributed by atoms with Crippen molar-refractivity contribution < 1.29 is 24.4 Å². The Bertz CT molecular complexity index is 741. The lowest BCUT2D eigenvalue weighted by atomic mass is 9.85. The van der Waals surface area contributed by atoms with E-state index < -0.39 is 0 Å². The van der Waals surface area contributed by atoms with Crippen LogP contribution in [-0.4, -0.2) is 31.5 Å². The Morgan fingerprint density at radius 1 is 0.731 bits per heavy atom. The zero-order valence-electron chi connectivity index (χ0n) is 16.1. The summed E-state index contributed by atoms with van der Waals surface area (Å²) in [6, 6.07) is 9.10. The van der Waals surface area contributed by atoms with Gasteiger partial charge in [0.1, 0.15) is 0 Å². The van der Waals surface area contributed by atoms with Crippen molar-refractivity contribution in [2.75, 3.05) is 21.3 Å². The maximum atomic E-state index is 10.1. The monoisotopic (exact) mass is 360 g/mol. The van der Waals surface area contributed by atoms with E-state index in [0.29, 0.717) is 29.1 Å². The highest BCUT2D eigenvalue weighted by Gasteiger charge is 2.18. The minimum absolute atomic E-state index is 0.0879. The van der Waals surface area contributed by atoms with Crippen LogP contribution in [0.15, 0.2) is 30.3 Å². The third kappa shape index (κ3) is 4.54. The number of ether oxygens (including phenoxy) is 3. The predicted octanol–water partition coefficient (Wildman–Crippen LogP) is 4.18. The fraction of sp³-hybridized carbons (Fsp3) is 0.429. The third-order valence-corrected chi connectivity index (χ3v) is 4.85. The van der Waals surface area contributed by atoms with Gasteiger partial charge in [-0.25, -0.2) is 0 Å². The first-order valence-electron chi connectivity index (χ1n) is 8.69. The van der Waals surface area contributed by atoms with Crippen LogP contribution in [0.1, 0.15) is 25.0 Å². The van der Waals surface area contributed by atoms with Gasteiger partial charge in [0.25, 0.3) is 0 Å². The van der Waals surface area contributed by atoms with Gasteiger partial charge in [-0.1, -0.05) is 19.9 Å². The summed E-state index contributed by atoms with van der Waals surface area (Å²) in [5.41, 5.74) is 2.12. The molecule has 2 aromatic rings. The van der Waals surface area contributed by atoms with E-state index in [1.54, 1.807) is 26.4 Å². The molecule has 0 heterocycles. The molecule has 0 unspecified atom stereocenters. The van der Waals surface area contributed by atoms with Gasteiger partial charge in [-0.3, -0.25) is 0 Å². The summed E-state index contributed by atoms with van der Waals surface area (Å²) in [5, 5.41) is 19.9. The normalized spacial score (nSPS) is 13.1. The van der Waals surface area contributed by atoms with Crippen molar-refractivity contribution in [3.63, 3.8) is 0 Å². The molecule has 0 radical (unpaired) electrons. The molecule has 0 amide bonds. The zero-order chi connectivity index (χ0) is 19.3. The largest absolute Gasteiger partial charge is 0.504 e. The van der Waals surface area contributed by atoms with Crippen molar-refractivity contribution in [1.29, 1.82) is 0 Å². The molecule has 0 aliphatic heterocycles. The molecule has 2 atom stereocenters. The minimum atomic E-state index is 0.0879. The summed E-state index contributed by atoms with van der Waals surface area (Å²) in [6.45, 7) is 4.39. The summed E-state index contributed by atoms with van der Waals surface area (Å²) in [4.78, 5) is 0. The summed E-state index contributed by atoms with van der Waals surface area (Å²) in [7, 11) is 4.62. The Hall–Kier alpha value is -2.56. The number of phenols is 2. The summed E-state index contributed by atoms with van der Waals surface area (Å²) in [5.74, 6) is 2.40. The fourth-order valence-corrected chi connectivity index (χ4v) is 3.11. The van der Waals surface area contributed by atoms with Gasteiger partial charge in [0.2, 0.25) is 5.75 Å². The van der Waals surface area contributed by atoms with E-state index in [-0.39, 0.29) is 11.5 Å². The van der Waals surface area contributed by atoms with Crippen LogP contribution >= 0.6 is 0 Å². The molecule has 2 aromatic carbocycles. The third-order valence-electron chi connectivity index (χ3n) is 4.85. The Morgan fingerprint density at radius 3 is 1.88 bits per heavy atom. The van der Waals surface area contributed by atoms with Gasteiger partial charge >= 0.3 is 0 Å². The molecule has 5 heteroatoms.